The fourth-order valence-corrected chi connectivity index (χ4v) is 3.31. The van der Waals surface area contributed by atoms with E-state index in [1.54, 1.807) is 12.1 Å². The lowest BCUT2D eigenvalue weighted by molar-refractivity contribution is -0.143. The van der Waals surface area contributed by atoms with E-state index in [0.29, 0.717) is 41.5 Å². The maximum atomic E-state index is 11.9. The average Bonchev–Trinajstić information content (AvgIpc) is 2.90. The molecule has 5 heteroatoms. The first kappa shape index (κ1) is 15.0. The number of carbonyl (C=O) groups is 1. The van der Waals surface area contributed by atoms with E-state index in [1.807, 2.05) is 6.92 Å². The third-order valence-electron chi connectivity index (χ3n) is 3.92. The fraction of sp³-hybridized carbons (Fsp3) is 0.533. The SMILES string of the molecule is CCOc1c(OC)ccc(Cl)c1C1(C(=O)O)CCCC1. The third kappa shape index (κ3) is 2.33. The van der Waals surface area contributed by atoms with Crippen LogP contribution in [0, 0.1) is 0 Å². The van der Waals surface area contributed by atoms with Crippen LogP contribution in [0.25, 0.3) is 0 Å². The highest BCUT2D eigenvalue weighted by Gasteiger charge is 2.47. The Labute approximate surface area is 123 Å². The van der Waals surface area contributed by atoms with Crippen molar-refractivity contribution in [3.63, 3.8) is 0 Å². The number of methoxy groups -OCH3 is 1. The van der Waals surface area contributed by atoms with Gasteiger partial charge in [-0.2, -0.15) is 0 Å². The molecule has 1 aliphatic carbocycles. The maximum Gasteiger partial charge on any atom is 0.314 e. The Kier molecular flexibility index (Phi) is 4.43. The zero-order chi connectivity index (χ0) is 14.8. The van der Waals surface area contributed by atoms with Crippen molar-refractivity contribution in [1.29, 1.82) is 0 Å². The first-order valence-corrected chi connectivity index (χ1v) is 7.17. The molecule has 2 rings (SSSR count). The molecule has 0 amide bonds. The number of halogens is 1. The molecule has 1 aromatic carbocycles. The summed E-state index contributed by atoms with van der Waals surface area (Å²) in [6.45, 7) is 2.28. The van der Waals surface area contributed by atoms with E-state index < -0.39 is 11.4 Å². The second-order valence-corrected chi connectivity index (χ2v) is 5.39. The van der Waals surface area contributed by atoms with Gasteiger partial charge < -0.3 is 14.6 Å². The average molecular weight is 299 g/mol. The molecule has 1 fully saturated rings. The summed E-state index contributed by atoms with van der Waals surface area (Å²) in [5.74, 6) is 0.150. The van der Waals surface area contributed by atoms with Gasteiger partial charge in [-0.3, -0.25) is 4.79 Å². The molecule has 0 unspecified atom stereocenters. The number of carboxylic acids is 1. The molecule has 1 aromatic rings. The van der Waals surface area contributed by atoms with E-state index in [0.717, 1.165) is 12.8 Å². The van der Waals surface area contributed by atoms with Gasteiger partial charge in [0.2, 0.25) is 0 Å². The van der Waals surface area contributed by atoms with Crippen LogP contribution in [0.4, 0.5) is 0 Å². The van der Waals surface area contributed by atoms with Gasteiger partial charge in [-0.05, 0) is 31.9 Å². The van der Waals surface area contributed by atoms with E-state index >= 15 is 0 Å². The van der Waals surface area contributed by atoms with Gasteiger partial charge >= 0.3 is 5.97 Å². The van der Waals surface area contributed by atoms with Gasteiger partial charge in [0, 0.05) is 10.6 Å². The third-order valence-corrected chi connectivity index (χ3v) is 4.24. The van der Waals surface area contributed by atoms with Crippen molar-refractivity contribution in [3.05, 3.63) is 22.7 Å². The first-order valence-electron chi connectivity index (χ1n) is 6.80. The van der Waals surface area contributed by atoms with Crippen LogP contribution in [0.15, 0.2) is 12.1 Å². The second-order valence-electron chi connectivity index (χ2n) is 4.98. The van der Waals surface area contributed by atoms with Crippen molar-refractivity contribution in [3.8, 4) is 11.5 Å². The van der Waals surface area contributed by atoms with Gasteiger partial charge in [-0.1, -0.05) is 24.4 Å². The minimum atomic E-state index is -0.962. The molecular formula is C15H19ClO4. The zero-order valence-corrected chi connectivity index (χ0v) is 12.5. The van der Waals surface area contributed by atoms with Gasteiger partial charge in [0.25, 0.3) is 0 Å². The molecule has 20 heavy (non-hydrogen) atoms. The molecule has 0 saturated heterocycles. The van der Waals surface area contributed by atoms with Crippen LogP contribution >= 0.6 is 11.6 Å². The number of carboxylic acid groups (broad SMARTS) is 1. The molecule has 110 valence electrons. The Balaban J connectivity index is 2.67. The maximum absolute atomic E-state index is 11.9. The lowest BCUT2D eigenvalue weighted by Crippen LogP contribution is -2.33. The highest BCUT2D eigenvalue weighted by atomic mass is 35.5. The summed E-state index contributed by atoms with van der Waals surface area (Å²) < 4.78 is 11.0. The van der Waals surface area contributed by atoms with Gasteiger partial charge in [0.05, 0.1) is 19.1 Å². The van der Waals surface area contributed by atoms with E-state index in [1.165, 1.54) is 7.11 Å². The molecule has 0 aromatic heterocycles. The summed E-state index contributed by atoms with van der Waals surface area (Å²) in [5.41, 5.74) is -0.402. The van der Waals surface area contributed by atoms with Gasteiger partial charge in [-0.15, -0.1) is 0 Å². The van der Waals surface area contributed by atoms with E-state index in [9.17, 15) is 9.90 Å². The largest absolute Gasteiger partial charge is 0.493 e. The molecular weight excluding hydrogens is 280 g/mol. The van der Waals surface area contributed by atoms with Crippen LogP contribution in [0.5, 0.6) is 11.5 Å². The molecule has 0 spiro atoms. The Morgan fingerprint density at radius 1 is 1.40 bits per heavy atom. The topological polar surface area (TPSA) is 55.8 Å². The number of benzene rings is 1. The number of ether oxygens (including phenoxy) is 2. The summed E-state index contributed by atoms with van der Waals surface area (Å²) in [5, 5.41) is 10.2. The number of hydrogen-bond donors (Lipinski definition) is 1. The Hall–Kier alpha value is -1.42. The van der Waals surface area contributed by atoms with E-state index in [2.05, 4.69) is 0 Å². The van der Waals surface area contributed by atoms with Crippen LogP contribution in [0.1, 0.15) is 38.2 Å². The quantitative estimate of drug-likeness (QED) is 0.901. The molecule has 0 radical (unpaired) electrons. The smallest absolute Gasteiger partial charge is 0.314 e. The monoisotopic (exact) mass is 298 g/mol. The van der Waals surface area contributed by atoms with E-state index in [-0.39, 0.29) is 0 Å². The number of hydrogen-bond acceptors (Lipinski definition) is 3. The fourth-order valence-electron chi connectivity index (χ4n) is 2.98. The summed E-state index contributed by atoms with van der Waals surface area (Å²) in [7, 11) is 1.54. The Morgan fingerprint density at radius 2 is 2.05 bits per heavy atom. The Morgan fingerprint density at radius 3 is 2.55 bits per heavy atom. The van der Waals surface area contributed by atoms with Crippen molar-refractivity contribution < 1.29 is 19.4 Å². The standard InChI is InChI=1S/C15H19ClO4/c1-3-20-13-11(19-2)7-6-10(16)12(13)15(14(17)18)8-4-5-9-15/h6-7H,3-5,8-9H2,1-2H3,(H,17,18). The van der Waals surface area contributed by atoms with Crippen molar-refractivity contribution in [2.45, 2.75) is 38.0 Å². The van der Waals surface area contributed by atoms with Crippen molar-refractivity contribution in [2.75, 3.05) is 13.7 Å². The van der Waals surface area contributed by atoms with Crippen LogP contribution in [-0.4, -0.2) is 24.8 Å². The predicted octanol–water partition coefficient (Wildman–Crippen LogP) is 3.64. The zero-order valence-electron chi connectivity index (χ0n) is 11.7. The molecule has 1 N–H and O–H groups in total. The molecule has 0 heterocycles. The summed E-state index contributed by atoms with van der Waals surface area (Å²) >= 11 is 6.31. The van der Waals surface area contributed by atoms with Crippen LogP contribution in [0.2, 0.25) is 5.02 Å². The van der Waals surface area contributed by atoms with Crippen molar-refractivity contribution in [2.24, 2.45) is 0 Å². The lowest BCUT2D eigenvalue weighted by Gasteiger charge is -2.28. The van der Waals surface area contributed by atoms with Crippen molar-refractivity contribution >= 4 is 17.6 Å². The number of aliphatic carboxylic acids is 1. The summed E-state index contributed by atoms with van der Waals surface area (Å²) in [6.07, 6.45) is 2.92. The molecule has 0 atom stereocenters. The van der Waals surface area contributed by atoms with E-state index in [4.69, 9.17) is 21.1 Å². The molecule has 1 saturated carbocycles. The van der Waals surface area contributed by atoms with Crippen LogP contribution < -0.4 is 9.47 Å². The van der Waals surface area contributed by atoms with Crippen LogP contribution in [0.3, 0.4) is 0 Å². The molecule has 0 aliphatic heterocycles. The highest BCUT2D eigenvalue weighted by Crippen LogP contribution is 2.50. The lowest BCUT2D eigenvalue weighted by atomic mass is 9.78. The Bertz CT molecular complexity index is 507. The number of rotatable bonds is 5. The van der Waals surface area contributed by atoms with Crippen LogP contribution in [-0.2, 0) is 10.2 Å². The molecule has 4 nitrogen and oxygen atoms in total. The minimum absolute atomic E-state index is 0.429. The normalized spacial score (nSPS) is 16.9. The first-order chi connectivity index (χ1) is 9.56. The van der Waals surface area contributed by atoms with Gasteiger partial charge in [0.1, 0.15) is 0 Å². The molecule has 1 aliphatic rings. The molecule has 0 bridgehead atoms. The summed E-state index contributed by atoms with van der Waals surface area (Å²) in [6, 6.07) is 3.39. The van der Waals surface area contributed by atoms with Gasteiger partial charge in [0.15, 0.2) is 11.5 Å². The minimum Gasteiger partial charge on any atom is -0.493 e. The predicted molar refractivity (Wildman–Crippen MR) is 77.0 cm³/mol. The van der Waals surface area contributed by atoms with Gasteiger partial charge in [-0.25, -0.2) is 0 Å². The van der Waals surface area contributed by atoms with Crippen molar-refractivity contribution in [1.82, 2.24) is 0 Å². The second kappa shape index (κ2) is 5.92. The summed E-state index contributed by atoms with van der Waals surface area (Å²) in [4.78, 5) is 11.9. The highest BCUT2D eigenvalue weighted by molar-refractivity contribution is 6.32.